The fourth-order valence-corrected chi connectivity index (χ4v) is 2.20. The van der Waals surface area contributed by atoms with E-state index in [-0.39, 0.29) is 12.5 Å². The smallest absolute Gasteiger partial charge is 0.307 e. The second kappa shape index (κ2) is 6.43. The Labute approximate surface area is 112 Å². The average Bonchev–Trinajstić information content (AvgIpc) is 2.39. The van der Waals surface area contributed by atoms with Gasteiger partial charge < -0.3 is 19.9 Å². The van der Waals surface area contributed by atoms with Gasteiger partial charge in [0, 0.05) is 6.54 Å². The Balaban J connectivity index is 2.12. The predicted molar refractivity (Wildman–Crippen MR) is 70.9 cm³/mol. The third-order valence-electron chi connectivity index (χ3n) is 3.13. The number of aliphatic carboxylic acids is 1. The van der Waals surface area contributed by atoms with Gasteiger partial charge in [0.2, 0.25) is 0 Å². The van der Waals surface area contributed by atoms with Gasteiger partial charge in [-0.3, -0.25) is 4.79 Å². The van der Waals surface area contributed by atoms with E-state index >= 15 is 0 Å². The number of nitrogens with one attached hydrogen (secondary N) is 1. The molecule has 5 nitrogen and oxygen atoms in total. The average molecular weight is 265 g/mol. The van der Waals surface area contributed by atoms with E-state index in [9.17, 15) is 4.79 Å². The SMILES string of the molecule is COc1ccc(CC(=O)O)cc1OC1CCCNC1. The van der Waals surface area contributed by atoms with Crippen LogP contribution in [0.1, 0.15) is 18.4 Å². The van der Waals surface area contributed by atoms with Crippen LogP contribution in [-0.2, 0) is 11.2 Å². The van der Waals surface area contributed by atoms with Crippen molar-refractivity contribution in [1.29, 1.82) is 0 Å². The molecule has 1 aliphatic rings. The van der Waals surface area contributed by atoms with Gasteiger partial charge in [-0.05, 0) is 37.1 Å². The lowest BCUT2D eigenvalue weighted by Crippen LogP contribution is -2.37. The van der Waals surface area contributed by atoms with Crippen molar-refractivity contribution >= 4 is 5.97 Å². The molecule has 1 atom stereocenters. The van der Waals surface area contributed by atoms with Gasteiger partial charge in [-0.25, -0.2) is 0 Å². The van der Waals surface area contributed by atoms with Crippen LogP contribution >= 0.6 is 0 Å². The minimum Gasteiger partial charge on any atom is -0.493 e. The van der Waals surface area contributed by atoms with Crippen molar-refractivity contribution in [2.24, 2.45) is 0 Å². The molecule has 0 aliphatic carbocycles. The number of hydrogen-bond donors (Lipinski definition) is 2. The molecule has 0 bridgehead atoms. The summed E-state index contributed by atoms with van der Waals surface area (Å²) in [5.74, 6) is 0.408. The molecule has 0 saturated carbocycles. The molecule has 1 aromatic carbocycles. The van der Waals surface area contributed by atoms with Crippen LogP contribution in [0.5, 0.6) is 11.5 Å². The van der Waals surface area contributed by atoms with Crippen molar-refractivity contribution in [1.82, 2.24) is 5.32 Å². The molecular formula is C14H19NO4. The Morgan fingerprint density at radius 2 is 2.32 bits per heavy atom. The first-order valence-electron chi connectivity index (χ1n) is 6.45. The molecule has 1 aliphatic heterocycles. The fourth-order valence-electron chi connectivity index (χ4n) is 2.20. The van der Waals surface area contributed by atoms with E-state index in [1.807, 2.05) is 0 Å². The topological polar surface area (TPSA) is 67.8 Å². The Kier molecular flexibility index (Phi) is 4.63. The zero-order valence-electron chi connectivity index (χ0n) is 11.0. The molecule has 104 valence electrons. The quantitative estimate of drug-likeness (QED) is 0.843. The van der Waals surface area contributed by atoms with Crippen molar-refractivity contribution in [3.8, 4) is 11.5 Å². The number of carboxylic acids is 1. The maximum Gasteiger partial charge on any atom is 0.307 e. The molecule has 2 rings (SSSR count). The van der Waals surface area contributed by atoms with Crippen molar-refractivity contribution in [3.05, 3.63) is 23.8 Å². The summed E-state index contributed by atoms with van der Waals surface area (Å²) in [6.07, 6.45) is 2.19. The number of ether oxygens (including phenoxy) is 2. The fraction of sp³-hybridized carbons (Fsp3) is 0.500. The van der Waals surface area contributed by atoms with Gasteiger partial charge in [-0.1, -0.05) is 6.07 Å². The molecule has 0 aromatic heterocycles. The summed E-state index contributed by atoms with van der Waals surface area (Å²) in [4.78, 5) is 10.7. The normalized spacial score (nSPS) is 18.9. The first-order chi connectivity index (χ1) is 9.19. The highest BCUT2D eigenvalue weighted by atomic mass is 16.5. The monoisotopic (exact) mass is 265 g/mol. The van der Waals surface area contributed by atoms with Crippen LogP contribution < -0.4 is 14.8 Å². The number of methoxy groups -OCH3 is 1. The lowest BCUT2D eigenvalue weighted by molar-refractivity contribution is -0.136. The number of carbonyl (C=O) groups is 1. The molecule has 1 heterocycles. The highest BCUT2D eigenvalue weighted by Crippen LogP contribution is 2.30. The maximum absolute atomic E-state index is 10.7. The predicted octanol–water partition coefficient (Wildman–Crippen LogP) is 1.45. The molecular weight excluding hydrogens is 246 g/mol. The van der Waals surface area contributed by atoms with E-state index in [2.05, 4.69) is 5.32 Å². The Hall–Kier alpha value is -1.75. The van der Waals surface area contributed by atoms with E-state index in [0.29, 0.717) is 17.1 Å². The second-order valence-electron chi connectivity index (χ2n) is 4.64. The molecule has 1 unspecified atom stereocenters. The van der Waals surface area contributed by atoms with Gasteiger partial charge in [0.15, 0.2) is 11.5 Å². The summed E-state index contributed by atoms with van der Waals surface area (Å²) in [5.41, 5.74) is 0.715. The highest BCUT2D eigenvalue weighted by molar-refractivity contribution is 5.70. The first-order valence-corrected chi connectivity index (χ1v) is 6.45. The summed E-state index contributed by atoms with van der Waals surface area (Å²) in [5, 5.41) is 12.1. The summed E-state index contributed by atoms with van der Waals surface area (Å²) >= 11 is 0. The van der Waals surface area contributed by atoms with Crippen LogP contribution in [0.25, 0.3) is 0 Å². The van der Waals surface area contributed by atoms with E-state index < -0.39 is 5.97 Å². The first kappa shape index (κ1) is 13.7. The van der Waals surface area contributed by atoms with Gasteiger partial charge >= 0.3 is 5.97 Å². The van der Waals surface area contributed by atoms with Crippen molar-refractivity contribution in [3.63, 3.8) is 0 Å². The number of rotatable bonds is 5. The molecule has 5 heteroatoms. The summed E-state index contributed by atoms with van der Waals surface area (Å²) in [6, 6.07) is 5.25. The van der Waals surface area contributed by atoms with E-state index in [4.69, 9.17) is 14.6 Å². The van der Waals surface area contributed by atoms with Gasteiger partial charge in [0.05, 0.1) is 13.5 Å². The van der Waals surface area contributed by atoms with E-state index in [0.717, 1.165) is 25.9 Å². The van der Waals surface area contributed by atoms with Crippen molar-refractivity contribution in [2.45, 2.75) is 25.4 Å². The van der Waals surface area contributed by atoms with Crippen LogP contribution in [0.3, 0.4) is 0 Å². The standard InChI is InChI=1S/C14H19NO4/c1-18-12-5-4-10(8-14(16)17)7-13(12)19-11-3-2-6-15-9-11/h4-5,7,11,15H,2-3,6,8-9H2,1H3,(H,16,17). The van der Waals surface area contributed by atoms with Gasteiger partial charge in [-0.15, -0.1) is 0 Å². The molecule has 2 N–H and O–H groups in total. The van der Waals surface area contributed by atoms with Crippen LogP contribution in [0.15, 0.2) is 18.2 Å². The summed E-state index contributed by atoms with van der Waals surface area (Å²) in [7, 11) is 1.58. The number of hydrogen-bond acceptors (Lipinski definition) is 4. The maximum atomic E-state index is 10.7. The van der Waals surface area contributed by atoms with Crippen molar-refractivity contribution < 1.29 is 19.4 Å². The molecule has 0 spiro atoms. The lowest BCUT2D eigenvalue weighted by Gasteiger charge is -2.25. The van der Waals surface area contributed by atoms with E-state index in [1.54, 1.807) is 25.3 Å². The Bertz CT molecular complexity index is 441. The third-order valence-corrected chi connectivity index (χ3v) is 3.13. The van der Waals surface area contributed by atoms with E-state index in [1.165, 1.54) is 0 Å². The molecule has 19 heavy (non-hydrogen) atoms. The Morgan fingerprint density at radius 3 is 2.95 bits per heavy atom. The van der Waals surface area contributed by atoms with Crippen LogP contribution in [0.2, 0.25) is 0 Å². The summed E-state index contributed by atoms with van der Waals surface area (Å²) in [6.45, 7) is 1.84. The largest absolute Gasteiger partial charge is 0.493 e. The number of carboxylic acid groups (broad SMARTS) is 1. The lowest BCUT2D eigenvalue weighted by atomic mass is 10.1. The molecule has 0 amide bonds. The minimum absolute atomic E-state index is 0.0106. The van der Waals surface area contributed by atoms with Gasteiger partial charge in [-0.2, -0.15) is 0 Å². The zero-order valence-corrected chi connectivity index (χ0v) is 11.0. The second-order valence-corrected chi connectivity index (χ2v) is 4.64. The minimum atomic E-state index is -0.851. The molecule has 0 radical (unpaired) electrons. The van der Waals surface area contributed by atoms with Crippen LogP contribution in [0.4, 0.5) is 0 Å². The summed E-state index contributed by atoms with van der Waals surface area (Å²) < 4.78 is 11.2. The van der Waals surface area contributed by atoms with Gasteiger partial charge in [0.25, 0.3) is 0 Å². The van der Waals surface area contributed by atoms with Gasteiger partial charge in [0.1, 0.15) is 6.10 Å². The van der Waals surface area contributed by atoms with Crippen LogP contribution in [-0.4, -0.2) is 37.4 Å². The third kappa shape index (κ3) is 3.86. The molecule has 1 saturated heterocycles. The highest BCUT2D eigenvalue weighted by Gasteiger charge is 2.17. The number of piperidine rings is 1. The molecule has 1 fully saturated rings. The van der Waals surface area contributed by atoms with Crippen LogP contribution in [0, 0.1) is 0 Å². The number of benzene rings is 1. The van der Waals surface area contributed by atoms with Crippen molar-refractivity contribution in [2.75, 3.05) is 20.2 Å². The molecule has 1 aromatic rings. The zero-order chi connectivity index (χ0) is 13.7. The Morgan fingerprint density at radius 1 is 1.47 bits per heavy atom.